The van der Waals surface area contributed by atoms with E-state index in [0.29, 0.717) is 34.4 Å². The van der Waals surface area contributed by atoms with Crippen LogP contribution < -0.4 is 14.8 Å². The number of hydrogen-bond donors (Lipinski definition) is 1. The van der Waals surface area contributed by atoms with Gasteiger partial charge in [-0.15, -0.1) is 0 Å². The van der Waals surface area contributed by atoms with Crippen molar-refractivity contribution < 1.29 is 23.8 Å². The van der Waals surface area contributed by atoms with Gasteiger partial charge in [-0.2, -0.15) is 0 Å². The first kappa shape index (κ1) is 21.2. The molecule has 0 aliphatic carbocycles. The van der Waals surface area contributed by atoms with E-state index in [0.717, 1.165) is 5.56 Å². The molecule has 0 saturated carbocycles. The molecule has 1 N–H and O–H groups in total. The summed E-state index contributed by atoms with van der Waals surface area (Å²) in [6, 6.07) is 18.8. The van der Waals surface area contributed by atoms with E-state index >= 15 is 0 Å². The SMILES string of the molecule is COC(=O)c1ccccc1NC(=O)c1ccc(OCc2ccc(Cl)cc2)c(OC)c1. The quantitative estimate of drug-likeness (QED) is 0.541. The van der Waals surface area contributed by atoms with Crippen LogP contribution in [0.4, 0.5) is 5.69 Å². The van der Waals surface area contributed by atoms with E-state index in [4.69, 9.17) is 25.8 Å². The highest BCUT2D eigenvalue weighted by atomic mass is 35.5. The molecule has 0 atom stereocenters. The maximum atomic E-state index is 12.7. The van der Waals surface area contributed by atoms with Gasteiger partial charge in [-0.3, -0.25) is 4.79 Å². The number of methoxy groups -OCH3 is 2. The van der Waals surface area contributed by atoms with Gasteiger partial charge in [-0.1, -0.05) is 35.9 Å². The predicted octanol–water partition coefficient (Wildman–Crippen LogP) is 4.97. The second-order valence-electron chi connectivity index (χ2n) is 6.27. The van der Waals surface area contributed by atoms with E-state index in [1.54, 1.807) is 54.6 Å². The Bertz CT molecular complexity index is 1050. The summed E-state index contributed by atoms with van der Waals surface area (Å²) < 4.78 is 15.9. The molecule has 0 saturated heterocycles. The predicted molar refractivity (Wildman–Crippen MR) is 115 cm³/mol. The van der Waals surface area contributed by atoms with Gasteiger partial charge >= 0.3 is 5.97 Å². The van der Waals surface area contributed by atoms with Crippen molar-refractivity contribution in [1.82, 2.24) is 0 Å². The van der Waals surface area contributed by atoms with Crippen LogP contribution in [0.25, 0.3) is 0 Å². The molecular weight excluding hydrogens is 406 g/mol. The average Bonchev–Trinajstić information content (AvgIpc) is 2.78. The molecule has 0 aliphatic heterocycles. The number of para-hydroxylation sites is 1. The van der Waals surface area contributed by atoms with Crippen molar-refractivity contribution in [2.24, 2.45) is 0 Å². The minimum absolute atomic E-state index is 0.267. The summed E-state index contributed by atoms with van der Waals surface area (Å²) in [5.41, 5.74) is 1.92. The Kier molecular flexibility index (Phi) is 6.93. The summed E-state index contributed by atoms with van der Waals surface area (Å²) in [6.45, 7) is 0.325. The normalized spacial score (nSPS) is 10.2. The van der Waals surface area contributed by atoms with Gasteiger partial charge in [0.05, 0.1) is 25.5 Å². The first-order chi connectivity index (χ1) is 14.5. The molecule has 3 rings (SSSR count). The first-order valence-electron chi connectivity index (χ1n) is 9.06. The van der Waals surface area contributed by atoms with Gasteiger partial charge in [0.1, 0.15) is 6.61 Å². The molecule has 3 aromatic rings. The van der Waals surface area contributed by atoms with Crippen molar-refractivity contribution in [1.29, 1.82) is 0 Å². The van der Waals surface area contributed by atoms with Crippen LogP contribution in [0.1, 0.15) is 26.3 Å². The first-order valence-corrected chi connectivity index (χ1v) is 9.43. The maximum Gasteiger partial charge on any atom is 0.339 e. The Labute approximate surface area is 179 Å². The average molecular weight is 426 g/mol. The fourth-order valence-corrected chi connectivity index (χ4v) is 2.87. The second-order valence-corrected chi connectivity index (χ2v) is 6.71. The third-order valence-electron chi connectivity index (χ3n) is 4.31. The van der Waals surface area contributed by atoms with Gasteiger partial charge in [0.2, 0.25) is 0 Å². The number of anilines is 1. The van der Waals surface area contributed by atoms with Gasteiger partial charge in [-0.05, 0) is 48.0 Å². The van der Waals surface area contributed by atoms with Crippen LogP contribution in [0, 0.1) is 0 Å². The Hall–Kier alpha value is -3.51. The Morgan fingerprint density at radius 2 is 1.67 bits per heavy atom. The third kappa shape index (κ3) is 5.10. The van der Waals surface area contributed by atoms with Gasteiger partial charge in [-0.25, -0.2) is 4.79 Å². The van der Waals surface area contributed by atoms with Crippen molar-refractivity contribution in [2.75, 3.05) is 19.5 Å². The van der Waals surface area contributed by atoms with E-state index in [9.17, 15) is 9.59 Å². The molecule has 0 bridgehead atoms. The lowest BCUT2D eigenvalue weighted by Gasteiger charge is -2.13. The maximum absolute atomic E-state index is 12.7. The smallest absolute Gasteiger partial charge is 0.339 e. The molecule has 0 aliphatic rings. The summed E-state index contributed by atoms with van der Waals surface area (Å²) in [7, 11) is 2.79. The summed E-state index contributed by atoms with van der Waals surface area (Å²) >= 11 is 5.89. The molecule has 3 aromatic carbocycles. The number of amides is 1. The second kappa shape index (κ2) is 9.80. The zero-order chi connectivity index (χ0) is 21.5. The van der Waals surface area contributed by atoms with Gasteiger partial charge in [0.15, 0.2) is 11.5 Å². The lowest BCUT2D eigenvalue weighted by atomic mass is 10.1. The summed E-state index contributed by atoms with van der Waals surface area (Å²) in [5.74, 6) is -0.0137. The minimum Gasteiger partial charge on any atom is -0.493 e. The van der Waals surface area contributed by atoms with Crippen LogP contribution in [-0.4, -0.2) is 26.1 Å². The molecule has 0 radical (unpaired) electrons. The number of esters is 1. The molecule has 0 heterocycles. The number of carbonyl (C=O) groups is 2. The summed E-state index contributed by atoms with van der Waals surface area (Å²) in [5, 5.41) is 3.38. The number of rotatable bonds is 7. The standard InChI is InChI=1S/C23H20ClNO5/c1-28-21-13-16(9-12-20(21)30-14-15-7-10-17(24)11-8-15)22(26)25-19-6-4-3-5-18(19)23(27)29-2/h3-13H,14H2,1-2H3,(H,25,26). The lowest BCUT2D eigenvalue weighted by molar-refractivity contribution is 0.0602. The van der Waals surface area contributed by atoms with E-state index < -0.39 is 11.9 Å². The van der Waals surface area contributed by atoms with Crippen molar-refractivity contribution in [3.63, 3.8) is 0 Å². The van der Waals surface area contributed by atoms with Gasteiger partial charge in [0, 0.05) is 10.6 Å². The highest BCUT2D eigenvalue weighted by molar-refractivity contribution is 6.30. The molecule has 7 heteroatoms. The molecular formula is C23H20ClNO5. The number of nitrogens with one attached hydrogen (secondary N) is 1. The van der Waals surface area contributed by atoms with Crippen LogP contribution in [0.3, 0.4) is 0 Å². The minimum atomic E-state index is -0.533. The number of hydrogen-bond acceptors (Lipinski definition) is 5. The van der Waals surface area contributed by atoms with Crippen molar-refractivity contribution in [2.45, 2.75) is 6.61 Å². The Morgan fingerprint density at radius 3 is 2.37 bits per heavy atom. The molecule has 0 spiro atoms. The Morgan fingerprint density at radius 1 is 0.933 bits per heavy atom. The number of carbonyl (C=O) groups excluding carboxylic acids is 2. The van der Waals surface area contributed by atoms with Crippen molar-refractivity contribution in [3.8, 4) is 11.5 Å². The highest BCUT2D eigenvalue weighted by Crippen LogP contribution is 2.29. The zero-order valence-corrected chi connectivity index (χ0v) is 17.2. The van der Waals surface area contributed by atoms with E-state index in [1.165, 1.54) is 14.2 Å². The van der Waals surface area contributed by atoms with Crippen LogP contribution in [-0.2, 0) is 11.3 Å². The highest BCUT2D eigenvalue weighted by Gasteiger charge is 2.16. The molecule has 6 nitrogen and oxygen atoms in total. The molecule has 154 valence electrons. The number of benzene rings is 3. The fourth-order valence-electron chi connectivity index (χ4n) is 2.74. The van der Waals surface area contributed by atoms with E-state index in [2.05, 4.69) is 5.32 Å². The fraction of sp³-hybridized carbons (Fsp3) is 0.130. The van der Waals surface area contributed by atoms with Crippen LogP contribution in [0.2, 0.25) is 5.02 Å². The van der Waals surface area contributed by atoms with E-state index in [1.807, 2.05) is 12.1 Å². The van der Waals surface area contributed by atoms with Crippen LogP contribution in [0.5, 0.6) is 11.5 Å². The molecule has 30 heavy (non-hydrogen) atoms. The lowest BCUT2D eigenvalue weighted by Crippen LogP contribution is -2.15. The van der Waals surface area contributed by atoms with E-state index in [-0.39, 0.29) is 5.56 Å². The van der Waals surface area contributed by atoms with Gasteiger partial charge in [0.25, 0.3) is 5.91 Å². The monoisotopic (exact) mass is 425 g/mol. The molecule has 1 amide bonds. The topological polar surface area (TPSA) is 73.9 Å². The third-order valence-corrected chi connectivity index (χ3v) is 4.57. The van der Waals surface area contributed by atoms with Crippen LogP contribution in [0.15, 0.2) is 66.7 Å². The largest absolute Gasteiger partial charge is 0.493 e. The number of halogens is 1. The van der Waals surface area contributed by atoms with Crippen molar-refractivity contribution in [3.05, 3.63) is 88.4 Å². The van der Waals surface area contributed by atoms with Crippen molar-refractivity contribution >= 4 is 29.2 Å². The summed E-state index contributed by atoms with van der Waals surface area (Å²) in [6.07, 6.45) is 0. The number of ether oxygens (including phenoxy) is 3. The zero-order valence-electron chi connectivity index (χ0n) is 16.5. The molecule has 0 unspecified atom stereocenters. The molecule has 0 fully saturated rings. The summed E-state index contributed by atoms with van der Waals surface area (Å²) in [4.78, 5) is 24.6. The van der Waals surface area contributed by atoms with Gasteiger partial charge < -0.3 is 19.5 Å². The van der Waals surface area contributed by atoms with Crippen LogP contribution >= 0.6 is 11.6 Å². The Balaban J connectivity index is 1.75. The molecule has 0 aromatic heterocycles.